The third-order valence-corrected chi connectivity index (χ3v) is 6.17. The Hall–Kier alpha value is -3.08. The molecule has 1 aliphatic carbocycles. The molecule has 1 aromatic heterocycles. The van der Waals surface area contributed by atoms with E-state index in [1.54, 1.807) is 12.3 Å². The van der Waals surface area contributed by atoms with Gasteiger partial charge in [0.05, 0.1) is 5.69 Å². The molecule has 5 atom stereocenters. The molecule has 1 aliphatic heterocycles. The molecule has 2 heterocycles. The van der Waals surface area contributed by atoms with Crippen molar-refractivity contribution in [2.75, 3.05) is 13.1 Å². The van der Waals surface area contributed by atoms with Crippen molar-refractivity contribution in [2.45, 2.75) is 50.4 Å². The quantitative estimate of drug-likeness (QED) is 0.468. The Kier molecular flexibility index (Phi) is 7.96. The third kappa shape index (κ3) is 6.25. The van der Waals surface area contributed by atoms with Gasteiger partial charge in [-0.1, -0.05) is 12.1 Å². The molecule has 0 amide bonds. The molecule has 0 bridgehead atoms. The third-order valence-electron chi connectivity index (χ3n) is 6.17. The van der Waals surface area contributed by atoms with Gasteiger partial charge in [-0.2, -0.15) is 9.78 Å². The molecular formula is C23H29N3O7. The number of likely N-dealkylation sites (tertiary alicyclic amines) is 1. The zero-order chi connectivity index (χ0) is 24.1. The van der Waals surface area contributed by atoms with Crippen LogP contribution in [-0.4, -0.2) is 78.4 Å². The van der Waals surface area contributed by atoms with Crippen molar-refractivity contribution in [2.24, 2.45) is 5.92 Å². The normalized spacial score (nSPS) is 23.8. The standard InChI is InChI=1S/C19H23N3O.C4H6O6/c1-14-4-3-11-21(14)13-16-12-18(16)15-6-8-17(9-7-15)22-19(23)5-2-10-20-22;5-1(3(7)8)2(6)4(9)10/h2,5-10,14,16,18H,3-4,11-13H2,1H3;1-2,5-6H,(H,7,8)(H,9,10)/t14-,16-,18-;1-,2-/m11/s1. The van der Waals surface area contributed by atoms with Crippen molar-refractivity contribution in [1.29, 1.82) is 0 Å². The van der Waals surface area contributed by atoms with Crippen LogP contribution in [0.2, 0.25) is 0 Å². The van der Waals surface area contributed by atoms with Crippen molar-refractivity contribution in [3.8, 4) is 5.69 Å². The molecule has 1 aromatic carbocycles. The van der Waals surface area contributed by atoms with Crippen LogP contribution < -0.4 is 5.56 Å². The predicted molar refractivity (Wildman–Crippen MR) is 118 cm³/mol. The highest BCUT2D eigenvalue weighted by atomic mass is 16.4. The van der Waals surface area contributed by atoms with Gasteiger partial charge in [0.2, 0.25) is 0 Å². The largest absolute Gasteiger partial charge is 0.479 e. The summed E-state index contributed by atoms with van der Waals surface area (Å²) in [6.45, 7) is 4.86. The summed E-state index contributed by atoms with van der Waals surface area (Å²) >= 11 is 0. The van der Waals surface area contributed by atoms with Crippen LogP contribution in [-0.2, 0) is 9.59 Å². The van der Waals surface area contributed by atoms with Gasteiger partial charge < -0.3 is 25.3 Å². The number of aliphatic carboxylic acids is 2. The van der Waals surface area contributed by atoms with E-state index < -0.39 is 24.1 Å². The van der Waals surface area contributed by atoms with Crippen LogP contribution in [0.5, 0.6) is 0 Å². The van der Waals surface area contributed by atoms with Gasteiger partial charge >= 0.3 is 11.9 Å². The summed E-state index contributed by atoms with van der Waals surface area (Å²) in [4.78, 5) is 34.0. The van der Waals surface area contributed by atoms with E-state index in [9.17, 15) is 14.4 Å². The fraction of sp³-hybridized carbons (Fsp3) is 0.478. The summed E-state index contributed by atoms with van der Waals surface area (Å²) in [6.07, 6.45) is 1.11. The highest BCUT2D eigenvalue weighted by molar-refractivity contribution is 5.83. The molecule has 2 aliphatic rings. The molecule has 10 nitrogen and oxygen atoms in total. The van der Waals surface area contributed by atoms with E-state index in [2.05, 4.69) is 29.1 Å². The van der Waals surface area contributed by atoms with Gasteiger partial charge in [0, 0.05) is 24.8 Å². The number of rotatable bonds is 7. The van der Waals surface area contributed by atoms with Crippen LogP contribution in [0.4, 0.5) is 0 Å². The first-order valence-electron chi connectivity index (χ1n) is 10.9. The number of nitrogens with zero attached hydrogens (tertiary/aromatic N) is 3. The van der Waals surface area contributed by atoms with E-state index in [1.807, 2.05) is 12.1 Å². The summed E-state index contributed by atoms with van der Waals surface area (Å²) in [5.74, 6) is -2.04. The Labute approximate surface area is 190 Å². The number of benzene rings is 1. The number of hydrogen-bond acceptors (Lipinski definition) is 7. The zero-order valence-electron chi connectivity index (χ0n) is 18.3. The molecule has 0 unspecified atom stereocenters. The van der Waals surface area contributed by atoms with Crippen LogP contribution in [0.1, 0.15) is 37.7 Å². The van der Waals surface area contributed by atoms with Crippen LogP contribution in [0, 0.1) is 5.92 Å². The van der Waals surface area contributed by atoms with Crippen molar-refractivity contribution in [3.63, 3.8) is 0 Å². The minimum atomic E-state index is -2.27. The molecule has 178 valence electrons. The van der Waals surface area contributed by atoms with E-state index in [1.165, 1.54) is 48.7 Å². The number of hydrogen-bond donors (Lipinski definition) is 4. The van der Waals surface area contributed by atoms with Gasteiger partial charge in [-0.25, -0.2) is 9.59 Å². The lowest BCUT2D eigenvalue weighted by Crippen LogP contribution is -2.39. The summed E-state index contributed by atoms with van der Waals surface area (Å²) in [6, 6.07) is 12.3. The van der Waals surface area contributed by atoms with E-state index in [0.29, 0.717) is 5.92 Å². The highest BCUT2D eigenvalue weighted by Crippen LogP contribution is 2.48. The Morgan fingerprint density at radius 1 is 1.09 bits per heavy atom. The van der Waals surface area contributed by atoms with E-state index in [0.717, 1.165) is 17.6 Å². The first-order chi connectivity index (χ1) is 15.7. The number of carbonyl (C=O) groups is 2. The maximum absolute atomic E-state index is 11.8. The zero-order valence-corrected chi connectivity index (χ0v) is 18.3. The molecular weight excluding hydrogens is 430 g/mol. The molecule has 10 heteroatoms. The first-order valence-corrected chi connectivity index (χ1v) is 10.9. The topological polar surface area (TPSA) is 153 Å². The minimum absolute atomic E-state index is 0.0902. The number of carboxylic acid groups (broad SMARTS) is 2. The average Bonchev–Trinajstić information content (AvgIpc) is 3.45. The molecule has 2 fully saturated rings. The lowest BCUT2D eigenvalue weighted by molar-refractivity contribution is -0.165. The Bertz CT molecular complexity index is 1010. The summed E-state index contributed by atoms with van der Waals surface area (Å²) in [5, 5.41) is 36.7. The lowest BCUT2D eigenvalue weighted by atomic mass is 10.1. The maximum Gasteiger partial charge on any atom is 0.335 e. The molecule has 4 rings (SSSR count). The van der Waals surface area contributed by atoms with Crippen LogP contribution in [0.25, 0.3) is 5.69 Å². The van der Waals surface area contributed by atoms with E-state index >= 15 is 0 Å². The van der Waals surface area contributed by atoms with E-state index in [4.69, 9.17) is 20.4 Å². The molecule has 1 saturated carbocycles. The fourth-order valence-corrected chi connectivity index (χ4v) is 4.11. The number of carboxylic acids is 2. The average molecular weight is 459 g/mol. The second-order valence-electron chi connectivity index (χ2n) is 8.52. The van der Waals surface area contributed by atoms with Gasteiger partial charge in [0.15, 0.2) is 12.2 Å². The summed E-state index contributed by atoms with van der Waals surface area (Å²) in [7, 11) is 0. The number of aliphatic hydroxyl groups excluding tert-OH is 2. The Morgan fingerprint density at radius 2 is 1.73 bits per heavy atom. The molecule has 4 N–H and O–H groups in total. The van der Waals surface area contributed by atoms with Crippen molar-refractivity contribution in [3.05, 3.63) is 58.5 Å². The van der Waals surface area contributed by atoms with Crippen molar-refractivity contribution in [1.82, 2.24) is 14.7 Å². The van der Waals surface area contributed by atoms with Crippen LogP contribution in [0.15, 0.2) is 47.4 Å². The van der Waals surface area contributed by atoms with Crippen molar-refractivity contribution >= 4 is 11.9 Å². The predicted octanol–water partition coefficient (Wildman–Crippen LogP) is 0.698. The first kappa shape index (κ1) is 24.6. The van der Waals surface area contributed by atoms with Crippen molar-refractivity contribution < 1.29 is 30.0 Å². The van der Waals surface area contributed by atoms with Gasteiger partial charge in [0.25, 0.3) is 5.56 Å². The van der Waals surface area contributed by atoms with Gasteiger partial charge in [0.1, 0.15) is 0 Å². The number of aliphatic hydroxyl groups is 2. The Morgan fingerprint density at radius 3 is 2.24 bits per heavy atom. The number of aromatic nitrogens is 2. The van der Waals surface area contributed by atoms with E-state index in [-0.39, 0.29) is 5.56 Å². The molecule has 33 heavy (non-hydrogen) atoms. The monoisotopic (exact) mass is 459 g/mol. The molecule has 1 saturated heterocycles. The van der Waals surface area contributed by atoms with Crippen LogP contribution >= 0.6 is 0 Å². The summed E-state index contributed by atoms with van der Waals surface area (Å²) < 4.78 is 1.44. The van der Waals surface area contributed by atoms with Gasteiger partial charge in [-0.05, 0) is 68.3 Å². The highest BCUT2D eigenvalue weighted by Gasteiger charge is 2.40. The molecule has 2 aromatic rings. The fourth-order valence-electron chi connectivity index (χ4n) is 4.11. The second-order valence-corrected chi connectivity index (χ2v) is 8.52. The molecule has 0 radical (unpaired) electrons. The maximum atomic E-state index is 11.8. The van der Waals surface area contributed by atoms with Crippen LogP contribution in [0.3, 0.4) is 0 Å². The van der Waals surface area contributed by atoms with Gasteiger partial charge in [-0.15, -0.1) is 0 Å². The molecule has 0 spiro atoms. The second kappa shape index (κ2) is 10.7. The minimum Gasteiger partial charge on any atom is -0.479 e. The summed E-state index contributed by atoms with van der Waals surface area (Å²) in [5.41, 5.74) is 2.15. The lowest BCUT2D eigenvalue weighted by Gasteiger charge is -2.20. The SMILES string of the molecule is C[C@@H]1CCCN1C[C@H]1C[C@@H]1c1ccc(-n2ncccc2=O)cc1.O=C(O)[C@H](O)[C@@H](O)C(=O)O. The Balaban J connectivity index is 0.000000262. The van der Waals surface area contributed by atoms with Gasteiger partial charge in [-0.3, -0.25) is 4.79 Å². The smallest absolute Gasteiger partial charge is 0.335 e.